The van der Waals surface area contributed by atoms with Crippen LogP contribution in [-0.2, 0) is 46.1 Å². The molecular formula is C53H85FN6O13. The molecule has 0 radical (unpaired) electrons. The van der Waals surface area contributed by atoms with Gasteiger partial charge in [-0.1, -0.05) is 50.3 Å². The maximum atomic E-state index is 14.5. The second-order valence-corrected chi connectivity index (χ2v) is 22.2. The van der Waals surface area contributed by atoms with Crippen LogP contribution in [0.5, 0.6) is 0 Å². The number of hydrogen-bond donors (Lipinski definition) is 5. The Balaban J connectivity index is 1.25. The lowest BCUT2D eigenvalue weighted by Crippen LogP contribution is -2.61. The van der Waals surface area contributed by atoms with Gasteiger partial charge in [0.05, 0.1) is 59.5 Å². The first kappa shape index (κ1) is 58.7. The van der Waals surface area contributed by atoms with Gasteiger partial charge in [0, 0.05) is 62.8 Å². The number of oxazole rings is 1. The summed E-state index contributed by atoms with van der Waals surface area (Å²) < 4.78 is 59.7. The summed E-state index contributed by atoms with van der Waals surface area (Å²) in [6.07, 6.45) is -3.74. The Labute approximate surface area is 430 Å². The number of hydrogen-bond acceptors (Lipinski definition) is 18. The molecule has 3 aliphatic rings. The van der Waals surface area contributed by atoms with Gasteiger partial charge in [-0.15, -0.1) is 5.10 Å². The van der Waals surface area contributed by atoms with E-state index in [-0.39, 0.29) is 25.2 Å². The first-order valence-electron chi connectivity index (χ1n) is 26.0. The lowest BCUT2D eigenvalue weighted by molar-refractivity contribution is -0.318. The fraction of sp³-hybridized carbons (Fsp3) is 0.774. The van der Waals surface area contributed by atoms with Crippen molar-refractivity contribution in [3.05, 3.63) is 54.3 Å². The average molecular weight is 1030 g/mol. The zero-order valence-corrected chi connectivity index (χ0v) is 45.2. The second-order valence-electron chi connectivity index (χ2n) is 22.2. The molecule has 19 nitrogen and oxygen atoms in total. The smallest absolute Gasteiger partial charge is 0.311 e. The summed E-state index contributed by atoms with van der Waals surface area (Å²) in [5.74, 6) is -2.21. The number of methoxy groups -OCH3 is 1. The Kier molecular flexibility index (Phi) is 19.8. The van der Waals surface area contributed by atoms with Gasteiger partial charge in [-0.05, 0) is 99.7 Å². The minimum absolute atomic E-state index is 0.0881. The van der Waals surface area contributed by atoms with E-state index in [4.69, 9.17) is 32.8 Å². The lowest BCUT2D eigenvalue weighted by Gasteiger charge is -2.49. The first-order chi connectivity index (χ1) is 34.3. The number of ether oxygens (including phenoxy) is 6. The molecule has 0 spiro atoms. The Hall–Kier alpha value is -3.51. The molecule has 73 heavy (non-hydrogen) atoms. The van der Waals surface area contributed by atoms with Gasteiger partial charge >= 0.3 is 5.97 Å². The van der Waals surface area contributed by atoms with Crippen molar-refractivity contribution in [1.82, 2.24) is 29.8 Å². The van der Waals surface area contributed by atoms with Crippen LogP contribution >= 0.6 is 0 Å². The van der Waals surface area contributed by atoms with Crippen molar-refractivity contribution >= 4 is 5.97 Å². The van der Waals surface area contributed by atoms with Crippen molar-refractivity contribution in [1.29, 1.82) is 0 Å². The largest absolute Gasteiger partial charge is 0.459 e. The molecular weight excluding hydrogens is 948 g/mol. The number of cyclic esters (lactones) is 1. The molecule has 20 heteroatoms. The fourth-order valence-electron chi connectivity index (χ4n) is 11.4. The number of carbonyl (C=O) groups excluding carboxylic acids is 1. The minimum Gasteiger partial charge on any atom is -0.459 e. The van der Waals surface area contributed by atoms with Crippen LogP contribution in [0, 0.1) is 17.8 Å². The van der Waals surface area contributed by atoms with Crippen molar-refractivity contribution in [3.63, 3.8) is 0 Å². The van der Waals surface area contributed by atoms with Crippen LogP contribution in [0.15, 0.2) is 47.5 Å². The van der Waals surface area contributed by atoms with Crippen molar-refractivity contribution in [2.24, 2.45) is 17.8 Å². The van der Waals surface area contributed by atoms with Crippen LogP contribution in [0.2, 0.25) is 0 Å². The summed E-state index contributed by atoms with van der Waals surface area (Å²) in [7, 11) is 5.22. The summed E-state index contributed by atoms with van der Waals surface area (Å²) in [6.45, 7) is 17.7. The van der Waals surface area contributed by atoms with Crippen molar-refractivity contribution in [2.45, 2.75) is 204 Å². The van der Waals surface area contributed by atoms with Crippen molar-refractivity contribution in [3.8, 4) is 11.3 Å². The van der Waals surface area contributed by atoms with E-state index in [2.05, 4.69) is 15.3 Å². The van der Waals surface area contributed by atoms with Crippen molar-refractivity contribution in [2.75, 3.05) is 41.0 Å². The number of aliphatic hydroxyl groups is 5. The number of likely N-dealkylation sites (N-methyl/N-ethyl adjacent to an activating group) is 2. The van der Waals surface area contributed by atoms with E-state index in [1.165, 1.54) is 20.4 Å². The summed E-state index contributed by atoms with van der Waals surface area (Å²) in [5.41, 5.74) is -2.13. The molecule has 2 aromatic heterocycles. The van der Waals surface area contributed by atoms with Crippen LogP contribution < -0.4 is 0 Å². The molecule has 19 atom stereocenters. The zero-order chi connectivity index (χ0) is 53.7. The van der Waals surface area contributed by atoms with E-state index >= 15 is 0 Å². The van der Waals surface area contributed by atoms with Gasteiger partial charge in [0.1, 0.15) is 36.7 Å². The second kappa shape index (κ2) is 24.7. The molecule has 0 unspecified atom stereocenters. The number of nitrogens with zero attached hydrogens (tertiary/aromatic N) is 6. The molecule has 3 saturated heterocycles. The number of halogens is 1. The SMILES string of the molecule is CC[C@H]1OC(=O)[C@H](C)[C@@H](O[C@H]2C[C@@](C)(OC)[C@@H](O)[C@H](C)O2)[C@H](C)[C@@H](O[C@@H]2O[C@H](C)C[C@H](N(C)CCc3cn([C@H](CF)Cc4ccc(-c5cnco5)cc4)nn3)[C@H]2O)[C@](C)(O)C[C@@H](C)CN(C)[C@H](C)[C@@H](O)[C@]1(C)O. The molecule has 3 fully saturated rings. The summed E-state index contributed by atoms with van der Waals surface area (Å²) in [6, 6.07) is 6.05. The zero-order valence-electron chi connectivity index (χ0n) is 45.2. The number of aliphatic hydroxyl groups excluding tert-OH is 3. The minimum atomic E-state index is -1.85. The monoisotopic (exact) mass is 1030 g/mol. The van der Waals surface area contributed by atoms with Crippen molar-refractivity contribution < 1.29 is 67.6 Å². The number of aromatic nitrogens is 4. The van der Waals surface area contributed by atoms with Gasteiger partial charge in [-0.2, -0.15) is 0 Å². The van der Waals surface area contributed by atoms with Crippen LogP contribution in [0.3, 0.4) is 0 Å². The molecule has 412 valence electrons. The van der Waals surface area contributed by atoms with Gasteiger partial charge in [0.25, 0.3) is 0 Å². The van der Waals surface area contributed by atoms with E-state index < -0.39 is 121 Å². The Morgan fingerprint density at radius 3 is 2.32 bits per heavy atom. The standard InChI is InChI=1S/C53H85FN6O13/c1-14-42-53(10,66)46(62)34(6)59(12)27-30(2)23-51(8,65)48(32(4)45(33(5)49(64)71-42)72-43-24-52(9,67-13)47(63)35(7)70-43)73-50-44(61)40(21-31(3)69-50)58(11)20-19-38-28-60(57-56-38)39(25-54)22-36-15-17-37(18-16-36)41-26-55-29-68-41/h15-18,26,28-35,39-40,42-48,50,61-63,65-66H,14,19-25,27H2,1-13H3/t30-,31-,32+,33-,34-,35+,39+,40+,42-,43+,44-,45+,46-,47+,48-,50+,51-,52-,53-/m1/s1. The van der Waals surface area contributed by atoms with E-state index in [9.17, 15) is 34.7 Å². The van der Waals surface area contributed by atoms with Gasteiger partial charge < -0.3 is 68.2 Å². The van der Waals surface area contributed by atoms with Gasteiger partial charge in [0.2, 0.25) is 0 Å². The molecule has 6 rings (SSSR count). The van der Waals surface area contributed by atoms with Crippen LogP contribution in [-0.4, -0.2) is 193 Å². The highest BCUT2D eigenvalue weighted by Gasteiger charge is 2.53. The normalized spacial score (nSPS) is 39.2. The third kappa shape index (κ3) is 13.7. The molecule has 0 saturated carbocycles. The summed E-state index contributed by atoms with van der Waals surface area (Å²) in [4.78, 5) is 22.4. The highest BCUT2D eigenvalue weighted by atomic mass is 19.1. The van der Waals surface area contributed by atoms with E-state index in [0.29, 0.717) is 43.8 Å². The molecule has 5 N–H and O–H groups in total. The fourth-order valence-corrected chi connectivity index (χ4v) is 11.4. The average Bonchev–Trinajstić information content (AvgIpc) is 4.07. The molecule has 5 heterocycles. The molecule has 1 aromatic carbocycles. The number of carbonyl (C=O) groups is 1. The highest BCUT2D eigenvalue weighted by Crippen LogP contribution is 2.40. The highest BCUT2D eigenvalue weighted by molar-refractivity contribution is 5.73. The van der Waals surface area contributed by atoms with Gasteiger partial charge in [-0.25, -0.2) is 14.1 Å². The predicted octanol–water partition coefficient (Wildman–Crippen LogP) is 4.51. The number of benzene rings is 1. The van der Waals surface area contributed by atoms with E-state index in [1.54, 1.807) is 65.5 Å². The van der Waals surface area contributed by atoms with Crippen LogP contribution in [0.1, 0.15) is 112 Å². The molecule has 3 aromatic rings. The summed E-state index contributed by atoms with van der Waals surface area (Å²) in [5, 5.41) is 68.4. The lowest BCUT2D eigenvalue weighted by atomic mass is 9.77. The molecule has 0 amide bonds. The Morgan fingerprint density at radius 2 is 1.68 bits per heavy atom. The van der Waals surface area contributed by atoms with Crippen LogP contribution in [0.4, 0.5) is 4.39 Å². The maximum Gasteiger partial charge on any atom is 0.311 e. The van der Waals surface area contributed by atoms with Gasteiger partial charge in [0.15, 0.2) is 24.7 Å². The topological polar surface area (TPSA) is 237 Å². The van der Waals surface area contributed by atoms with Gasteiger partial charge in [-0.3, -0.25) is 4.79 Å². The molecule has 0 aliphatic carbocycles. The quantitative estimate of drug-likeness (QED) is 0.132. The van der Waals surface area contributed by atoms with Crippen LogP contribution in [0.25, 0.3) is 11.3 Å². The molecule has 3 aliphatic heterocycles. The third-order valence-electron chi connectivity index (χ3n) is 16.1. The maximum absolute atomic E-state index is 14.5. The predicted molar refractivity (Wildman–Crippen MR) is 268 cm³/mol. The number of esters is 1. The molecule has 0 bridgehead atoms. The Bertz CT molecular complexity index is 2170. The first-order valence-corrected chi connectivity index (χ1v) is 26.0. The summed E-state index contributed by atoms with van der Waals surface area (Å²) >= 11 is 0. The number of alkyl halides is 1. The third-order valence-corrected chi connectivity index (χ3v) is 16.1. The number of rotatable bonds is 15. The van der Waals surface area contributed by atoms with E-state index in [1.807, 2.05) is 62.0 Å². The van der Waals surface area contributed by atoms with E-state index in [0.717, 1.165) is 11.1 Å². The Morgan fingerprint density at radius 1 is 0.986 bits per heavy atom.